The molecule has 2 amide bonds. The first kappa shape index (κ1) is 29.8. The number of hydrogen-bond acceptors (Lipinski definition) is 4. The van der Waals surface area contributed by atoms with Gasteiger partial charge in [-0.3, -0.25) is 13.9 Å². The van der Waals surface area contributed by atoms with Crippen LogP contribution in [0, 0.1) is 11.6 Å². The van der Waals surface area contributed by atoms with Gasteiger partial charge >= 0.3 is 0 Å². The lowest BCUT2D eigenvalue weighted by molar-refractivity contribution is -0.140. The van der Waals surface area contributed by atoms with Crippen LogP contribution >= 0.6 is 0 Å². The fourth-order valence-electron chi connectivity index (χ4n) is 4.03. The molecule has 0 heterocycles. The molecule has 0 aliphatic heterocycles. The Hall–Kier alpha value is -3.79. The van der Waals surface area contributed by atoms with Crippen LogP contribution in [0.3, 0.4) is 0 Å². The van der Waals surface area contributed by atoms with Crippen molar-refractivity contribution < 1.29 is 26.8 Å². The summed E-state index contributed by atoms with van der Waals surface area (Å²) in [4.78, 5) is 28.8. The highest BCUT2D eigenvalue weighted by Gasteiger charge is 2.33. The Labute approximate surface area is 228 Å². The third-order valence-electron chi connectivity index (χ3n) is 6.31. The van der Waals surface area contributed by atoms with Gasteiger partial charge in [0.05, 0.1) is 11.9 Å². The number of sulfonamides is 1. The van der Waals surface area contributed by atoms with E-state index >= 15 is 0 Å². The van der Waals surface area contributed by atoms with Gasteiger partial charge < -0.3 is 10.2 Å². The van der Waals surface area contributed by atoms with Crippen molar-refractivity contribution in [2.24, 2.45) is 0 Å². The SMILES string of the molecule is CC[C@@H](C)NC(=O)[C@H](Cc1ccccc1)N(Cc1ccc(F)cc1)C(=O)CN(c1cccc(F)c1)S(C)(=O)=O. The molecule has 0 radical (unpaired) electrons. The lowest BCUT2D eigenvalue weighted by atomic mass is 10.0. The van der Waals surface area contributed by atoms with Crippen LogP contribution in [0.5, 0.6) is 0 Å². The molecule has 3 aromatic rings. The highest BCUT2D eigenvalue weighted by Crippen LogP contribution is 2.21. The number of nitrogens with one attached hydrogen (secondary N) is 1. The predicted molar refractivity (Wildman–Crippen MR) is 147 cm³/mol. The maximum atomic E-state index is 14.0. The second-order valence-corrected chi connectivity index (χ2v) is 11.3. The first-order valence-corrected chi connectivity index (χ1v) is 14.4. The van der Waals surface area contributed by atoms with Gasteiger partial charge in [-0.2, -0.15) is 0 Å². The van der Waals surface area contributed by atoms with Gasteiger partial charge in [0.1, 0.15) is 24.2 Å². The summed E-state index contributed by atoms with van der Waals surface area (Å²) >= 11 is 0. The first-order valence-electron chi connectivity index (χ1n) is 12.6. The molecule has 0 saturated heterocycles. The Morgan fingerprint density at radius 1 is 0.897 bits per heavy atom. The van der Waals surface area contributed by atoms with Gasteiger partial charge in [0.2, 0.25) is 21.8 Å². The standard InChI is InChI=1S/C29H33F2N3O4S/c1-4-21(2)32-29(36)27(17-22-9-6-5-7-10-22)33(19-23-13-15-24(30)16-14-23)28(35)20-34(39(3,37)38)26-12-8-11-25(31)18-26/h5-16,18,21,27H,4,17,19-20H2,1-3H3,(H,32,36)/t21-,27+/m1/s1. The molecular weight excluding hydrogens is 524 g/mol. The van der Waals surface area contributed by atoms with Crippen LogP contribution in [0.4, 0.5) is 14.5 Å². The molecular formula is C29H33F2N3O4S. The molecule has 10 heteroatoms. The third kappa shape index (κ3) is 8.61. The minimum Gasteiger partial charge on any atom is -0.352 e. The van der Waals surface area contributed by atoms with Gasteiger partial charge in [0, 0.05) is 19.0 Å². The number of amides is 2. The second-order valence-electron chi connectivity index (χ2n) is 9.42. The van der Waals surface area contributed by atoms with E-state index < -0.39 is 46.1 Å². The van der Waals surface area contributed by atoms with Gasteiger partial charge in [0.25, 0.3) is 0 Å². The number of anilines is 1. The van der Waals surface area contributed by atoms with Crippen LogP contribution < -0.4 is 9.62 Å². The predicted octanol–water partition coefficient (Wildman–Crippen LogP) is 4.29. The van der Waals surface area contributed by atoms with Crippen LogP contribution in [0.1, 0.15) is 31.4 Å². The summed E-state index contributed by atoms with van der Waals surface area (Å²) in [7, 11) is -4.00. The first-order chi connectivity index (χ1) is 18.5. The van der Waals surface area contributed by atoms with E-state index in [9.17, 15) is 26.8 Å². The maximum absolute atomic E-state index is 14.0. The number of carbonyl (C=O) groups is 2. The molecule has 0 spiro atoms. The Morgan fingerprint density at radius 3 is 2.15 bits per heavy atom. The normalized spacial score (nSPS) is 12.8. The van der Waals surface area contributed by atoms with Crippen LogP contribution in [-0.2, 0) is 32.6 Å². The van der Waals surface area contributed by atoms with E-state index in [0.717, 1.165) is 22.2 Å². The number of carbonyl (C=O) groups excluding carboxylic acids is 2. The Balaban J connectivity index is 2.05. The summed E-state index contributed by atoms with van der Waals surface area (Å²) in [6.45, 7) is 3.02. The maximum Gasteiger partial charge on any atom is 0.244 e. The van der Waals surface area contributed by atoms with Crippen molar-refractivity contribution in [3.63, 3.8) is 0 Å². The molecule has 7 nitrogen and oxygen atoms in total. The van der Waals surface area contributed by atoms with E-state index in [0.29, 0.717) is 12.0 Å². The largest absolute Gasteiger partial charge is 0.352 e. The molecule has 0 saturated carbocycles. The van der Waals surface area contributed by atoms with E-state index in [-0.39, 0.29) is 24.7 Å². The molecule has 0 aromatic heterocycles. The number of rotatable bonds is 12. The lowest BCUT2D eigenvalue weighted by Gasteiger charge is -2.34. The molecule has 39 heavy (non-hydrogen) atoms. The number of halogens is 2. The summed E-state index contributed by atoms with van der Waals surface area (Å²) < 4.78 is 53.8. The number of hydrogen-bond donors (Lipinski definition) is 1. The molecule has 3 aromatic carbocycles. The average Bonchev–Trinajstić information content (AvgIpc) is 2.90. The molecule has 208 valence electrons. The minimum absolute atomic E-state index is 0.0174. The molecule has 0 aliphatic rings. The van der Waals surface area contributed by atoms with Gasteiger partial charge in [-0.25, -0.2) is 17.2 Å². The summed E-state index contributed by atoms with van der Waals surface area (Å²) in [5.41, 5.74) is 1.33. The fourth-order valence-corrected chi connectivity index (χ4v) is 4.87. The van der Waals surface area contributed by atoms with Crippen LogP contribution in [0.2, 0.25) is 0 Å². The third-order valence-corrected chi connectivity index (χ3v) is 7.45. The van der Waals surface area contributed by atoms with E-state index in [1.165, 1.54) is 47.4 Å². The van der Waals surface area contributed by atoms with Gasteiger partial charge in [0.15, 0.2) is 0 Å². The number of nitrogens with zero attached hydrogens (tertiary/aromatic N) is 2. The van der Waals surface area contributed by atoms with Crippen molar-refractivity contribution in [2.45, 2.75) is 45.3 Å². The van der Waals surface area contributed by atoms with E-state index in [2.05, 4.69) is 5.32 Å². The Morgan fingerprint density at radius 2 is 1.56 bits per heavy atom. The smallest absolute Gasteiger partial charge is 0.244 e. The van der Waals surface area contributed by atoms with E-state index in [1.54, 1.807) is 0 Å². The molecule has 3 rings (SSSR count). The lowest BCUT2D eigenvalue weighted by Crippen LogP contribution is -2.54. The van der Waals surface area contributed by atoms with Crippen LogP contribution in [0.25, 0.3) is 0 Å². The fraction of sp³-hybridized carbons (Fsp3) is 0.310. The highest BCUT2D eigenvalue weighted by atomic mass is 32.2. The monoisotopic (exact) mass is 557 g/mol. The molecule has 0 aliphatic carbocycles. The average molecular weight is 558 g/mol. The summed E-state index contributed by atoms with van der Waals surface area (Å²) in [5, 5.41) is 2.93. The van der Waals surface area contributed by atoms with Crippen molar-refractivity contribution in [1.82, 2.24) is 10.2 Å². The summed E-state index contributed by atoms with van der Waals surface area (Å²) in [5.74, 6) is -2.19. The van der Waals surface area contributed by atoms with Crippen molar-refractivity contribution in [2.75, 3.05) is 17.1 Å². The Kier molecular flexibility index (Phi) is 10.2. The van der Waals surface area contributed by atoms with E-state index in [4.69, 9.17) is 0 Å². The zero-order valence-corrected chi connectivity index (χ0v) is 23.0. The van der Waals surface area contributed by atoms with Crippen molar-refractivity contribution in [3.8, 4) is 0 Å². The zero-order valence-electron chi connectivity index (χ0n) is 22.2. The van der Waals surface area contributed by atoms with Gasteiger partial charge in [-0.15, -0.1) is 0 Å². The van der Waals surface area contributed by atoms with Crippen molar-refractivity contribution in [3.05, 3.63) is 102 Å². The highest BCUT2D eigenvalue weighted by molar-refractivity contribution is 7.92. The number of benzene rings is 3. The van der Waals surface area contributed by atoms with Crippen LogP contribution in [0.15, 0.2) is 78.9 Å². The zero-order chi connectivity index (χ0) is 28.6. The minimum atomic E-state index is -4.00. The molecule has 1 N–H and O–H groups in total. The molecule has 0 bridgehead atoms. The van der Waals surface area contributed by atoms with Crippen molar-refractivity contribution in [1.29, 1.82) is 0 Å². The summed E-state index contributed by atoms with van der Waals surface area (Å²) in [6.07, 6.45) is 1.75. The van der Waals surface area contributed by atoms with E-state index in [1.807, 2.05) is 44.2 Å². The molecule has 0 fully saturated rings. The Bertz CT molecular complexity index is 1370. The molecule has 0 unspecified atom stereocenters. The van der Waals surface area contributed by atoms with Crippen LogP contribution in [-0.4, -0.2) is 50.0 Å². The quantitative estimate of drug-likeness (QED) is 0.360. The van der Waals surface area contributed by atoms with Gasteiger partial charge in [-0.05, 0) is 54.8 Å². The van der Waals surface area contributed by atoms with Crippen molar-refractivity contribution >= 4 is 27.5 Å². The topological polar surface area (TPSA) is 86.8 Å². The molecule has 2 atom stereocenters. The van der Waals surface area contributed by atoms with Gasteiger partial charge in [-0.1, -0.05) is 55.5 Å². The second kappa shape index (κ2) is 13.3. The summed E-state index contributed by atoms with van der Waals surface area (Å²) in [6, 6.07) is 18.4.